The second-order valence-corrected chi connectivity index (χ2v) is 3.86. The van der Waals surface area contributed by atoms with Crippen molar-refractivity contribution in [2.75, 3.05) is 0 Å². The van der Waals surface area contributed by atoms with Crippen LogP contribution in [0, 0.1) is 6.92 Å². The van der Waals surface area contributed by atoms with Crippen LogP contribution in [0.3, 0.4) is 0 Å². The number of pyridine rings is 1. The van der Waals surface area contributed by atoms with Crippen LogP contribution in [0.15, 0.2) is 16.7 Å². The Bertz CT molecular complexity index is 472. The standard InChI is InChI=1S/C8H5BrClN3/c1-4-6-2-5(9)3-11-7(6)13-8(10)12-4/h2-3H,1H3. The average molecular weight is 259 g/mol. The van der Waals surface area contributed by atoms with Crippen molar-refractivity contribution >= 4 is 38.6 Å². The van der Waals surface area contributed by atoms with Crippen molar-refractivity contribution in [3.05, 3.63) is 27.7 Å². The lowest BCUT2D eigenvalue weighted by Gasteiger charge is -2.00. The number of nitrogens with zero attached hydrogens (tertiary/aromatic N) is 3. The lowest BCUT2D eigenvalue weighted by molar-refractivity contribution is 1.12. The number of fused-ring (bicyclic) bond motifs is 1. The van der Waals surface area contributed by atoms with E-state index in [2.05, 4.69) is 30.9 Å². The quantitative estimate of drug-likeness (QED) is 0.682. The highest BCUT2D eigenvalue weighted by Gasteiger charge is 2.03. The normalized spacial score (nSPS) is 10.7. The molecule has 0 aromatic carbocycles. The third-order valence-corrected chi connectivity index (χ3v) is 2.28. The molecule has 13 heavy (non-hydrogen) atoms. The first-order valence-electron chi connectivity index (χ1n) is 3.62. The van der Waals surface area contributed by atoms with Gasteiger partial charge in [-0.2, -0.15) is 4.98 Å². The van der Waals surface area contributed by atoms with Gasteiger partial charge in [0.15, 0.2) is 5.65 Å². The molecule has 2 aromatic rings. The predicted molar refractivity (Wildman–Crippen MR) is 54.8 cm³/mol. The topological polar surface area (TPSA) is 38.7 Å². The van der Waals surface area contributed by atoms with Gasteiger partial charge in [-0.3, -0.25) is 0 Å². The molecule has 0 radical (unpaired) electrons. The SMILES string of the molecule is Cc1nc(Cl)nc2ncc(Br)cc12. The van der Waals surface area contributed by atoms with Gasteiger partial charge in [0, 0.05) is 16.1 Å². The molecule has 0 aliphatic rings. The summed E-state index contributed by atoms with van der Waals surface area (Å²) in [5.41, 5.74) is 1.46. The van der Waals surface area contributed by atoms with Crippen molar-refractivity contribution in [1.29, 1.82) is 0 Å². The Labute approximate surface area is 88.3 Å². The zero-order valence-corrected chi connectivity index (χ0v) is 9.09. The third kappa shape index (κ3) is 1.64. The van der Waals surface area contributed by atoms with Gasteiger partial charge in [-0.1, -0.05) is 0 Å². The van der Waals surface area contributed by atoms with Gasteiger partial charge in [0.2, 0.25) is 5.28 Å². The molecule has 0 atom stereocenters. The Kier molecular flexibility index (Phi) is 2.17. The summed E-state index contributed by atoms with van der Waals surface area (Å²) in [6, 6.07) is 1.92. The summed E-state index contributed by atoms with van der Waals surface area (Å²) in [6.07, 6.45) is 1.69. The van der Waals surface area contributed by atoms with Crippen LogP contribution < -0.4 is 0 Å². The monoisotopic (exact) mass is 257 g/mol. The minimum atomic E-state index is 0.236. The molecule has 0 aliphatic heterocycles. The highest BCUT2D eigenvalue weighted by atomic mass is 79.9. The molecule has 0 saturated carbocycles. The van der Waals surface area contributed by atoms with Crippen LogP contribution >= 0.6 is 27.5 Å². The van der Waals surface area contributed by atoms with Crippen LogP contribution in [0.25, 0.3) is 11.0 Å². The fourth-order valence-electron chi connectivity index (χ4n) is 1.10. The van der Waals surface area contributed by atoms with Gasteiger partial charge in [-0.15, -0.1) is 0 Å². The zero-order valence-electron chi connectivity index (χ0n) is 6.75. The molecular weight excluding hydrogens is 253 g/mol. The molecule has 5 heteroatoms. The summed E-state index contributed by atoms with van der Waals surface area (Å²) in [4.78, 5) is 12.2. The second-order valence-electron chi connectivity index (χ2n) is 2.60. The van der Waals surface area contributed by atoms with Gasteiger partial charge >= 0.3 is 0 Å². The molecule has 2 aromatic heterocycles. The first kappa shape index (κ1) is 8.84. The van der Waals surface area contributed by atoms with Gasteiger partial charge in [0.1, 0.15) is 0 Å². The number of halogens is 2. The number of hydrogen-bond acceptors (Lipinski definition) is 3. The summed E-state index contributed by atoms with van der Waals surface area (Å²) >= 11 is 9.02. The van der Waals surface area contributed by atoms with E-state index in [-0.39, 0.29) is 5.28 Å². The average Bonchev–Trinajstić information content (AvgIpc) is 2.06. The Morgan fingerprint density at radius 2 is 2.15 bits per heavy atom. The molecule has 0 saturated heterocycles. The van der Waals surface area contributed by atoms with Crippen molar-refractivity contribution in [3.8, 4) is 0 Å². The maximum Gasteiger partial charge on any atom is 0.224 e. The van der Waals surface area contributed by atoms with Crippen LogP contribution in [-0.4, -0.2) is 15.0 Å². The van der Waals surface area contributed by atoms with Gasteiger partial charge in [0.05, 0.1) is 5.69 Å². The summed E-state index contributed by atoms with van der Waals surface area (Å²) in [7, 11) is 0. The molecule has 2 heterocycles. The number of hydrogen-bond donors (Lipinski definition) is 0. The molecule has 66 valence electrons. The summed E-state index contributed by atoms with van der Waals surface area (Å²) in [5, 5.41) is 1.15. The van der Waals surface area contributed by atoms with Crippen LogP contribution in [0.5, 0.6) is 0 Å². The highest BCUT2D eigenvalue weighted by Crippen LogP contribution is 2.19. The van der Waals surface area contributed by atoms with Crippen molar-refractivity contribution in [2.24, 2.45) is 0 Å². The predicted octanol–water partition coefficient (Wildman–Crippen LogP) is 2.75. The van der Waals surface area contributed by atoms with Crippen molar-refractivity contribution in [3.63, 3.8) is 0 Å². The van der Waals surface area contributed by atoms with Crippen LogP contribution in [0.4, 0.5) is 0 Å². The second kappa shape index (κ2) is 3.20. The number of aryl methyl sites for hydroxylation is 1. The minimum Gasteiger partial charge on any atom is -0.235 e. The van der Waals surface area contributed by atoms with Crippen molar-refractivity contribution < 1.29 is 0 Å². The molecule has 0 unspecified atom stereocenters. The fourth-order valence-corrected chi connectivity index (χ4v) is 1.64. The summed E-state index contributed by atoms with van der Waals surface area (Å²) in [5.74, 6) is 0. The molecule has 0 amide bonds. The highest BCUT2D eigenvalue weighted by molar-refractivity contribution is 9.10. The minimum absolute atomic E-state index is 0.236. The van der Waals surface area contributed by atoms with Crippen molar-refractivity contribution in [1.82, 2.24) is 15.0 Å². The lowest BCUT2D eigenvalue weighted by Crippen LogP contribution is -1.91. The molecule has 2 rings (SSSR count). The number of rotatable bonds is 0. The smallest absolute Gasteiger partial charge is 0.224 e. The molecule has 0 fully saturated rings. The van der Waals surface area contributed by atoms with Crippen LogP contribution in [-0.2, 0) is 0 Å². The Morgan fingerprint density at radius 1 is 1.38 bits per heavy atom. The number of aromatic nitrogens is 3. The van der Waals surface area contributed by atoms with Crippen molar-refractivity contribution in [2.45, 2.75) is 6.92 Å². The first-order chi connectivity index (χ1) is 6.16. The molecule has 0 N–H and O–H groups in total. The van der Waals surface area contributed by atoms with Gasteiger partial charge in [-0.25, -0.2) is 9.97 Å². The van der Waals surface area contributed by atoms with E-state index in [1.807, 2.05) is 13.0 Å². The molecule has 3 nitrogen and oxygen atoms in total. The molecule has 0 aliphatic carbocycles. The van der Waals surface area contributed by atoms with E-state index >= 15 is 0 Å². The van der Waals surface area contributed by atoms with E-state index in [1.54, 1.807) is 6.20 Å². The Balaban J connectivity index is 2.87. The van der Waals surface area contributed by atoms with E-state index in [0.29, 0.717) is 5.65 Å². The maximum atomic E-state index is 5.69. The third-order valence-electron chi connectivity index (χ3n) is 1.68. The van der Waals surface area contributed by atoms with E-state index in [9.17, 15) is 0 Å². The molecule has 0 bridgehead atoms. The Morgan fingerprint density at radius 3 is 2.92 bits per heavy atom. The van der Waals surface area contributed by atoms with Crippen LogP contribution in [0.1, 0.15) is 5.69 Å². The van der Waals surface area contributed by atoms with Gasteiger partial charge in [0.25, 0.3) is 0 Å². The van der Waals surface area contributed by atoms with E-state index in [1.165, 1.54) is 0 Å². The summed E-state index contributed by atoms with van der Waals surface area (Å²) < 4.78 is 0.911. The van der Waals surface area contributed by atoms with E-state index < -0.39 is 0 Å². The van der Waals surface area contributed by atoms with Gasteiger partial charge < -0.3 is 0 Å². The zero-order chi connectivity index (χ0) is 9.42. The van der Waals surface area contributed by atoms with Gasteiger partial charge in [-0.05, 0) is 40.5 Å². The first-order valence-corrected chi connectivity index (χ1v) is 4.79. The van der Waals surface area contributed by atoms with E-state index in [0.717, 1.165) is 15.6 Å². The fraction of sp³-hybridized carbons (Fsp3) is 0.125. The van der Waals surface area contributed by atoms with Crippen LogP contribution in [0.2, 0.25) is 5.28 Å². The largest absolute Gasteiger partial charge is 0.235 e. The maximum absolute atomic E-state index is 5.69. The Hall–Kier alpha value is -0.740. The van der Waals surface area contributed by atoms with E-state index in [4.69, 9.17) is 11.6 Å². The molecular formula is C8H5BrClN3. The summed E-state index contributed by atoms with van der Waals surface area (Å²) in [6.45, 7) is 1.88. The lowest BCUT2D eigenvalue weighted by atomic mass is 10.3. The molecule has 0 spiro atoms.